The van der Waals surface area contributed by atoms with Crippen molar-refractivity contribution < 1.29 is 4.79 Å². The van der Waals surface area contributed by atoms with Gasteiger partial charge in [-0.2, -0.15) is 0 Å². The van der Waals surface area contributed by atoms with E-state index < -0.39 is 5.54 Å². The highest BCUT2D eigenvalue weighted by Gasteiger charge is 2.51. The largest absolute Gasteiger partial charge is 0.326 e. The lowest BCUT2D eigenvalue weighted by Crippen LogP contribution is -2.43. The smallest absolute Gasteiger partial charge is 0.306 e. The SMILES string of the molecule is O=C1N(CCCN2CCC(n3c(=O)[nH]c4ccccc43)CC2)C(c2cccs2)=NC1(c1ccccc1)c1ccccc1. The van der Waals surface area contributed by atoms with Gasteiger partial charge in [-0.25, -0.2) is 9.79 Å². The first-order valence-corrected chi connectivity index (χ1v) is 15.5. The van der Waals surface area contributed by atoms with E-state index in [0.29, 0.717) is 6.54 Å². The fourth-order valence-electron chi connectivity index (χ4n) is 6.55. The molecule has 7 rings (SSSR count). The number of benzene rings is 3. The number of para-hydroxylation sites is 2. The van der Waals surface area contributed by atoms with Crippen LogP contribution in [-0.4, -0.2) is 57.3 Å². The lowest BCUT2D eigenvalue weighted by Gasteiger charge is -2.33. The predicted octanol–water partition coefficient (Wildman–Crippen LogP) is 5.65. The molecule has 1 saturated heterocycles. The van der Waals surface area contributed by atoms with E-state index in [4.69, 9.17) is 4.99 Å². The number of amidine groups is 1. The number of piperidine rings is 1. The number of nitrogens with zero attached hydrogens (tertiary/aromatic N) is 4. The minimum atomic E-state index is -1.10. The molecule has 1 amide bonds. The van der Waals surface area contributed by atoms with Crippen molar-refractivity contribution in [2.45, 2.75) is 30.8 Å². The summed E-state index contributed by atoms with van der Waals surface area (Å²) in [6, 6.07) is 32.1. The number of imidazole rings is 1. The first-order valence-electron chi connectivity index (χ1n) is 14.6. The topological polar surface area (TPSA) is 73.7 Å². The number of aliphatic imine (C=N–C) groups is 1. The Kier molecular flexibility index (Phi) is 7.09. The Labute approximate surface area is 248 Å². The summed E-state index contributed by atoms with van der Waals surface area (Å²) in [6.07, 6.45) is 2.70. The van der Waals surface area contributed by atoms with Crippen LogP contribution in [0.5, 0.6) is 0 Å². The van der Waals surface area contributed by atoms with Crippen LogP contribution in [0.1, 0.15) is 41.3 Å². The molecular formula is C34H33N5O2S. The molecule has 3 aromatic carbocycles. The third-order valence-electron chi connectivity index (χ3n) is 8.61. The van der Waals surface area contributed by atoms with Crippen molar-refractivity contribution >= 4 is 34.1 Å². The Balaban J connectivity index is 1.09. The van der Waals surface area contributed by atoms with Crippen LogP contribution < -0.4 is 5.69 Å². The third-order valence-corrected chi connectivity index (χ3v) is 9.48. The highest BCUT2D eigenvalue weighted by atomic mass is 32.1. The molecule has 1 fully saturated rings. The number of aromatic nitrogens is 2. The molecule has 8 heteroatoms. The van der Waals surface area contributed by atoms with E-state index in [9.17, 15) is 9.59 Å². The van der Waals surface area contributed by atoms with Gasteiger partial charge in [0.05, 0.1) is 15.9 Å². The molecule has 2 aliphatic rings. The third kappa shape index (κ3) is 4.61. The molecular weight excluding hydrogens is 542 g/mol. The molecule has 7 nitrogen and oxygen atoms in total. The van der Waals surface area contributed by atoms with Gasteiger partial charge in [-0.05, 0) is 60.5 Å². The lowest BCUT2D eigenvalue weighted by molar-refractivity contribution is -0.130. The maximum absolute atomic E-state index is 14.5. The number of likely N-dealkylation sites (tertiary alicyclic amines) is 1. The Morgan fingerprint density at radius 2 is 1.48 bits per heavy atom. The molecule has 0 atom stereocenters. The summed E-state index contributed by atoms with van der Waals surface area (Å²) in [7, 11) is 0. The van der Waals surface area contributed by atoms with Gasteiger partial charge in [0.15, 0.2) is 5.54 Å². The predicted molar refractivity (Wildman–Crippen MR) is 168 cm³/mol. The van der Waals surface area contributed by atoms with E-state index in [0.717, 1.165) is 71.8 Å². The van der Waals surface area contributed by atoms with Gasteiger partial charge in [0.2, 0.25) is 0 Å². The van der Waals surface area contributed by atoms with Crippen LogP contribution in [0, 0.1) is 0 Å². The molecule has 2 aromatic heterocycles. The van der Waals surface area contributed by atoms with Crippen LogP contribution in [0.2, 0.25) is 0 Å². The van der Waals surface area contributed by atoms with Gasteiger partial charge in [-0.1, -0.05) is 78.9 Å². The standard InChI is InChI=1S/C34H33N5O2S/c40-32-34(25-11-3-1-4-12-25,26-13-5-2-6-14-26)36-31(30-17-9-24-42-30)38(32)21-10-20-37-22-18-27(19-23-37)39-29-16-8-7-15-28(29)35-33(39)41/h1-9,11-17,24,27H,10,18-23H2,(H,35,41). The molecule has 5 aromatic rings. The van der Waals surface area contributed by atoms with Crippen molar-refractivity contribution in [3.8, 4) is 0 Å². The number of rotatable bonds is 8. The number of aromatic amines is 1. The van der Waals surface area contributed by atoms with E-state index in [1.54, 1.807) is 11.3 Å². The van der Waals surface area contributed by atoms with E-state index in [1.165, 1.54) is 0 Å². The first-order chi connectivity index (χ1) is 20.6. The minimum absolute atomic E-state index is 0.000666. The summed E-state index contributed by atoms with van der Waals surface area (Å²) < 4.78 is 1.94. The van der Waals surface area contributed by atoms with Crippen LogP contribution in [0.3, 0.4) is 0 Å². The Morgan fingerprint density at radius 1 is 0.810 bits per heavy atom. The van der Waals surface area contributed by atoms with Gasteiger partial charge < -0.3 is 9.88 Å². The summed E-state index contributed by atoms with van der Waals surface area (Å²) in [5.41, 5.74) is 2.51. The monoisotopic (exact) mass is 575 g/mol. The summed E-state index contributed by atoms with van der Waals surface area (Å²) in [6.45, 7) is 3.34. The zero-order chi connectivity index (χ0) is 28.5. The van der Waals surface area contributed by atoms with Crippen LogP contribution in [0.25, 0.3) is 11.0 Å². The number of nitrogens with one attached hydrogen (secondary N) is 1. The second-order valence-corrected chi connectivity index (χ2v) is 12.0. The number of carbonyl (C=O) groups is 1. The fourth-order valence-corrected chi connectivity index (χ4v) is 7.27. The van der Waals surface area contributed by atoms with Crippen LogP contribution in [-0.2, 0) is 10.3 Å². The zero-order valence-electron chi connectivity index (χ0n) is 23.4. The zero-order valence-corrected chi connectivity index (χ0v) is 24.2. The van der Waals surface area contributed by atoms with Crippen LogP contribution in [0.15, 0.2) is 112 Å². The number of fused-ring (bicyclic) bond motifs is 1. The van der Waals surface area contributed by atoms with Gasteiger partial charge in [0, 0.05) is 25.7 Å². The molecule has 0 radical (unpaired) electrons. The molecule has 4 heterocycles. The summed E-state index contributed by atoms with van der Waals surface area (Å²) in [5, 5.41) is 2.04. The van der Waals surface area contributed by atoms with Crippen molar-refractivity contribution in [3.05, 3.63) is 129 Å². The molecule has 212 valence electrons. The van der Waals surface area contributed by atoms with Gasteiger partial charge in [0.1, 0.15) is 5.84 Å². The quantitative estimate of drug-likeness (QED) is 0.260. The van der Waals surface area contributed by atoms with Gasteiger partial charge in [-0.3, -0.25) is 14.3 Å². The average Bonchev–Trinajstić information content (AvgIpc) is 3.76. The summed E-state index contributed by atoms with van der Waals surface area (Å²) in [5.74, 6) is 0.751. The Hall–Kier alpha value is -4.27. The van der Waals surface area contributed by atoms with Gasteiger partial charge in [0.25, 0.3) is 5.91 Å². The number of hydrogen-bond donors (Lipinski definition) is 1. The van der Waals surface area contributed by atoms with Crippen molar-refractivity contribution in [1.29, 1.82) is 0 Å². The normalized spacial score (nSPS) is 17.7. The number of thiophene rings is 1. The maximum Gasteiger partial charge on any atom is 0.326 e. The molecule has 0 saturated carbocycles. The molecule has 0 bridgehead atoms. The van der Waals surface area contributed by atoms with E-state index >= 15 is 0 Å². The number of carbonyl (C=O) groups excluding carboxylic acids is 1. The molecule has 1 N–H and O–H groups in total. The summed E-state index contributed by atoms with van der Waals surface area (Å²) >= 11 is 1.61. The van der Waals surface area contributed by atoms with Crippen molar-refractivity contribution in [2.24, 2.45) is 4.99 Å². The van der Waals surface area contributed by atoms with Gasteiger partial charge >= 0.3 is 5.69 Å². The van der Waals surface area contributed by atoms with Crippen molar-refractivity contribution in [2.75, 3.05) is 26.2 Å². The average molecular weight is 576 g/mol. The van der Waals surface area contributed by atoms with Crippen molar-refractivity contribution in [1.82, 2.24) is 19.4 Å². The molecule has 0 unspecified atom stereocenters. The summed E-state index contributed by atoms with van der Waals surface area (Å²) in [4.78, 5) is 40.8. The minimum Gasteiger partial charge on any atom is -0.306 e. The van der Waals surface area contributed by atoms with E-state index in [2.05, 4.69) is 9.88 Å². The van der Waals surface area contributed by atoms with E-state index in [1.807, 2.05) is 112 Å². The van der Waals surface area contributed by atoms with E-state index in [-0.39, 0.29) is 17.6 Å². The number of H-pyrrole nitrogens is 1. The lowest BCUT2D eigenvalue weighted by atomic mass is 9.83. The highest BCUT2D eigenvalue weighted by Crippen LogP contribution is 2.41. The molecule has 2 aliphatic heterocycles. The second kappa shape index (κ2) is 11.2. The van der Waals surface area contributed by atoms with Crippen molar-refractivity contribution in [3.63, 3.8) is 0 Å². The number of amides is 1. The molecule has 0 aliphatic carbocycles. The second-order valence-electron chi connectivity index (χ2n) is 11.1. The highest BCUT2D eigenvalue weighted by molar-refractivity contribution is 7.12. The molecule has 42 heavy (non-hydrogen) atoms. The van der Waals surface area contributed by atoms with Crippen LogP contribution in [0.4, 0.5) is 0 Å². The fraction of sp³-hybridized carbons (Fsp3) is 0.265. The molecule has 0 spiro atoms. The maximum atomic E-state index is 14.5. The number of hydrogen-bond acceptors (Lipinski definition) is 5. The Bertz CT molecular complexity index is 1730. The Morgan fingerprint density at radius 3 is 2.14 bits per heavy atom. The first kappa shape index (κ1) is 26.6. The van der Waals surface area contributed by atoms with Gasteiger partial charge in [-0.15, -0.1) is 11.3 Å². The van der Waals surface area contributed by atoms with Crippen LogP contribution >= 0.6 is 11.3 Å².